The molecule has 1 aliphatic rings. The number of ether oxygens (including phenoxy) is 1. The highest BCUT2D eigenvalue weighted by Crippen LogP contribution is 2.13. The highest BCUT2D eigenvalue weighted by atomic mass is 16.5. The van der Waals surface area contributed by atoms with E-state index in [1.807, 2.05) is 0 Å². The van der Waals surface area contributed by atoms with E-state index >= 15 is 0 Å². The second kappa shape index (κ2) is 7.63. The van der Waals surface area contributed by atoms with Crippen LogP contribution in [0.1, 0.15) is 39.0 Å². The van der Waals surface area contributed by atoms with E-state index in [0.29, 0.717) is 11.9 Å². The third-order valence-corrected chi connectivity index (χ3v) is 2.94. The first kappa shape index (κ1) is 13.5. The number of hydrogen-bond acceptors (Lipinski definition) is 3. The predicted octanol–water partition coefficient (Wildman–Crippen LogP) is 1.59. The number of nitrogens with one attached hydrogen (secondary N) is 1. The zero-order chi connectivity index (χ0) is 11.8. The molecule has 1 saturated heterocycles. The highest BCUT2D eigenvalue weighted by Gasteiger charge is 2.19. The third-order valence-electron chi connectivity index (χ3n) is 2.94. The van der Waals surface area contributed by atoms with Gasteiger partial charge in [0.2, 0.25) is 0 Å². The summed E-state index contributed by atoms with van der Waals surface area (Å²) < 4.78 is 5.78. The van der Waals surface area contributed by atoms with Crippen molar-refractivity contribution in [1.82, 2.24) is 4.90 Å². The van der Waals surface area contributed by atoms with Crippen LogP contribution in [0.15, 0.2) is 0 Å². The second-order valence-electron chi connectivity index (χ2n) is 4.56. The number of hydrogen-bond donors (Lipinski definition) is 2. The zero-order valence-corrected chi connectivity index (χ0v) is 10.4. The first-order valence-electron chi connectivity index (χ1n) is 6.39. The lowest BCUT2D eigenvalue weighted by Crippen LogP contribution is -2.40. The number of rotatable bonds is 7. The van der Waals surface area contributed by atoms with Crippen LogP contribution < -0.4 is 5.73 Å². The number of nitrogens with two attached hydrogens (primary N) is 1. The van der Waals surface area contributed by atoms with E-state index in [2.05, 4.69) is 11.8 Å². The van der Waals surface area contributed by atoms with Crippen molar-refractivity contribution in [3.8, 4) is 0 Å². The van der Waals surface area contributed by atoms with E-state index in [-0.39, 0.29) is 0 Å². The number of likely N-dealkylation sites (tertiary alicyclic amines) is 1. The smallest absolute Gasteiger partial charge is 0.0905 e. The normalized spacial score (nSPS) is 22.2. The monoisotopic (exact) mass is 227 g/mol. The molecule has 0 aliphatic carbocycles. The van der Waals surface area contributed by atoms with Gasteiger partial charge in [-0.3, -0.25) is 5.41 Å². The summed E-state index contributed by atoms with van der Waals surface area (Å²) in [7, 11) is 0. The molecule has 0 saturated carbocycles. The van der Waals surface area contributed by atoms with Gasteiger partial charge in [0.15, 0.2) is 0 Å². The Labute approximate surface area is 98.6 Å². The molecule has 1 atom stereocenters. The van der Waals surface area contributed by atoms with Crippen LogP contribution in [0.25, 0.3) is 0 Å². The lowest BCUT2D eigenvalue weighted by Gasteiger charge is -2.32. The average Bonchev–Trinajstić information content (AvgIpc) is 2.26. The number of piperidine rings is 1. The van der Waals surface area contributed by atoms with Crippen molar-refractivity contribution >= 4 is 5.84 Å². The number of nitrogens with zero attached hydrogens (tertiary/aromatic N) is 1. The van der Waals surface area contributed by atoms with Gasteiger partial charge in [-0.15, -0.1) is 0 Å². The molecule has 0 aromatic heterocycles. The fourth-order valence-electron chi connectivity index (χ4n) is 2.13. The molecule has 3 N–H and O–H groups in total. The van der Waals surface area contributed by atoms with E-state index in [4.69, 9.17) is 15.9 Å². The minimum atomic E-state index is 0.302. The van der Waals surface area contributed by atoms with Crippen molar-refractivity contribution in [2.24, 2.45) is 5.73 Å². The molecule has 0 amide bonds. The van der Waals surface area contributed by atoms with Crippen molar-refractivity contribution in [3.63, 3.8) is 0 Å². The Hall–Kier alpha value is -0.610. The van der Waals surface area contributed by atoms with E-state index in [1.54, 1.807) is 0 Å². The molecule has 1 heterocycles. The molecule has 0 spiro atoms. The molecule has 0 radical (unpaired) electrons. The molecule has 4 heteroatoms. The minimum absolute atomic E-state index is 0.302. The lowest BCUT2D eigenvalue weighted by atomic mass is 10.1. The molecule has 94 valence electrons. The first-order valence-corrected chi connectivity index (χ1v) is 6.39. The Morgan fingerprint density at radius 1 is 1.56 bits per heavy atom. The summed E-state index contributed by atoms with van der Waals surface area (Å²) >= 11 is 0. The van der Waals surface area contributed by atoms with E-state index in [1.165, 1.54) is 19.4 Å². The largest absolute Gasteiger partial charge is 0.388 e. The molecule has 0 bridgehead atoms. The van der Waals surface area contributed by atoms with Crippen LogP contribution in [-0.2, 0) is 4.74 Å². The third kappa shape index (κ3) is 5.47. The van der Waals surface area contributed by atoms with Crippen molar-refractivity contribution in [1.29, 1.82) is 5.41 Å². The van der Waals surface area contributed by atoms with Crippen molar-refractivity contribution in [2.45, 2.75) is 45.1 Å². The van der Waals surface area contributed by atoms with Crippen molar-refractivity contribution in [3.05, 3.63) is 0 Å². The van der Waals surface area contributed by atoms with Crippen molar-refractivity contribution < 1.29 is 4.74 Å². The molecule has 1 aliphatic heterocycles. The van der Waals surface area contributed by atoms with Crippen LogP contribution in [0.5, 0.6) is 0 Å². The van der Waals surface area contributed by atoms with Gasteiger partial charge in [0.25, 0.3) is 0 Å². The maximum absolute atomic E-state index is 7.18. The van der Waals surface area contributed by atoms with E-state index in [0.717, 1.165) is 39.0 Å². The molecular weight excluding hydrogens is 202 g/mol. The molecule has 0 aromatic rings. The van der Waals surface area contributed by atoms with Crippen LogP contribution in [0.3, 0.4) is 0 Å². The Bertz CT molecular complexity index is 208. The van der Waals surface area contributed by atoms with E-state index in [9.17, 15) is 0 Å². The summed E-state index contributed by atoms with van der Waals surface area (Å²) in [5.41, 5.74) is 5.34. The molecule has 16 heavy (non-hydrogen) atoms. The summed E-state index contributed by atoms with van der Waals surface area (Å²) in [6.45, 7) is 6.30. The van der Waals surface area contributed by atoms with Gasteiger partial charge in [-0.25, -0.2) is 0 Å². The second-order valence-corrected chi connectivity index (χ2v) is 4.56. The molecule has 1 unspecified atom stereocenters. The Kier molecular flexibility index (Phi) is 6.42. The highest BCUT2D eigenvalue weighted by molar-refractivity contribution is 5.76. The summed E-state index contributed by atoms with van der Waals surface area (Å²) in [4.78, 5) is 2.44. The summed E-state index contributed by atoms with van der Waals surface area (Å²) in [6.07, 6.45) is 5.66. The van der Waals surface area contributed by atoms with Gasteiger partial charge in [-0.05, 0) is 38.8 Å². The van der Waals surface area contributed by atoms with E-state index < -0.39 is 0 Å². The average molecular weight is 227 g/mol. The fraction of sp³-hybridized carbons (Fsp3) is 0.917. The Morgan fingerprint density at radius 2 is 2.38 bits per heavy atom. The van der Waals surface area contributed by atoms with Crippen LogP contribution in [0, 0.1) is 5.41 Å². The topological polar surface area (TPSA) is 62.3 Å². The van der Waals surface area contributed by atoms with Crippen LogP contribution in [-0.4, -0.2) is 43.1 Å². The van der Waals surface area contributed by atoms with Gasteiger partial charge in [0.05, 0.1) is 11.9 Å². The Balaban J connectivity index is 2.14. The van der Waals surface area contributed by atoms with Gasteiger partial charge in [-0.1, -0.05) is 6.92 Å². The summed E-state index contributed by atoms with van der Waals surface area (Å²) in [5, 5.41) is 7.18. The molecule has 0 aromatic carbocycles. The maximum atomic E-state index is 7.18. The predicted molar refractivity (Wildman–Crippen MR) is 66.9 cm³/mol. The zero-order valence-electron chi connectivity index (χ0n) is 10.4. The van der Waals surface area contributed by atoms with Gasteiger partial charge < -0.3 is 15.4 Å². The van der Waals surface area contributed by atoms with Crippen LogP contribution in [0.2, 0.25) is 0 Å². The summed E-state index contributed by atoms with van der Waals surface area (Å²) in [5.74, 6) is 0.302. The molecule has 1 fully saturated rings. The lowest BCUT2D eigenvalue weighted by molar-refractivity contribution is -0.0000897. The minimum Gasteiger partial charge on any atom is -0.388 e. The fourth-order valence-corrected chi connectivity index (χ4v) is 2.13. The van der Waals surface area contributed by atoms with Crippen LogP contribution in [0.4, 0.5) is 0 Å². The van der Waals surface area contributed by atoms with Gasteiger partial charge in [-0.2, -0.15) is 0 Å². The molecule has 4 nitrogen and oxygen atoms in total. The molecular formula is C12H25N3O. The van der Waals surface area contributed by atoms with Crippen LogP contribution >= 0.6 is 0 Å². The SMILES string of the molecule is CCCOC1CCCN(CCCC(=N)N)C1. The van der Waals surface area contributed by atoms with Crippen molar-refractivity contribution in [2.75, 3.05) is 26.2 Å². The standard InChI is InChI=1S/C12H25N3O/c1-2-9-16-11-5-3-7-15(10-11)8-4-6-12(13)14/h11H,2-10H2,1H3,(H3,13,14). The quantitative estimate of drug-likeness (QED) is 0.513. The Morgan fingerprint density at radius 3 is 3.06 bits per heavy atom. The van der Waals surface area contributed by atoms with Gasteiger partial charge in [0.1, 0.15) is 0 Å². The maximum Gasteiger partial charge on any atom is 0.0905 e. The summed E-state index contributed by atoms with van der Waals surface area (Å²) in [6, 6.07) is 0. The van der Waals surface area contributed by atoms with Gasteiger partial charge >= 0.3 is 0 Å². The number of amidine groups is 1. The molecule has 1 rings (SSSR count). The van der Waals surface area contributed by atoms with Gasteiger partial charge in [0, 0.05) is 19.6 Å². The first-order chi connectivity index (χ1) is 7.72.